The molecular formula is C19H27N5OS. The van der Waals surface area contributed by atoms with Crippen molar-refractivity contribution in [1.82, 2.24) is 19.9 Å². The molecule has 0 amide bonds. The fourth-order valence-electron chi connectivity index (χ4n) is 3.96. The molecule has 140 valence electrons. The fraction of sp³-hybridized carbons (Fsp3) is 0.632. The average Bonchev–Trinajstić information content (AvgIpc) is 3.07. The van der Waals surface area contributed by atoms with Gasteiger partial charge in [-0.3, -0.25) is 4.90 Å². The summed E-state index contributed by atoms with van der Waals surface area (Å²) in [6, 6.07) is 2.66. The number of aromatic nitrogens is 3. The average molecular weight is 374 g/mol. The highest BCUT2D eigenvalue weighted by molar-refractivity contribution is 7.13. The van der Waals surface area contributed by atoms with Crippen LogP contribution in [0, 0.1) is 13.8 Å². The maximum Gasteiger partial charge on any atom is 0.188 e. The predicted octanol–water partition coefficient (Wildman–Crippen LogP) is 3.65. The van der Waals surface area contributed by atoms with Gasteiger partial charge in [-0.25, -0.2) is 15.0 Å². The zero-order valence-electron chi connectivity index (χ0n) is 15.6. The maximum absolute atomic E-state index is 5.53. The summed E-state index contributed by atoms with van der Waals surface area (Å²) in [5, 5.41) is 6.28. The molecule has 0 aliphatic carbocycles. The van der Waals surface area contributed by atoms with Crippen molar-refractivity contribution in [3.8, 4) is 0 Å². The summed E-state index contributed by atoms with van der Waals surface area (Å²) < 4.78 is 5.53. The van der Waals surface area contributed by atoms with Crippen LogP contribution in [0.1, 0.15) is 48.8 Å². The van der Waals surface area contributed by atoms with Gasteiger partial charge in [0.15, 0.2) is 5.13 Å². The summed E-state index contributed by atoms with van der Waals surface area (Å²) in [4.78, 5) is 16.7. The van der Waals surface area contributed by atoms with Gasteiger partial charge in [-0.2, -0.15) is 0 Å². The molecule has 1 atom stereocenters. The number of ether oxygens (including phenoxy) is 1. The van der Waals surface area contributed by atoms with E-state index in [9.17, 15) is 0 Å². The Morgan fingerprint density at radius 3 is 2.73 bits per heavy atom. The van der Waals surface area contributed by atoms with Crippen LogP contribution in [0.2, 0.25) is 0 Å². The van der Waals surface area contributed by atoms with Crippen molar-refractivity contribution >= 4 is 22.3 Å². The molecular weight excluding hydrogens is 346 g/mol. The van der Waals surface area contributed by atoms with Gasteiger partial charge in [0.25, 0.3) is 0 Å². The molecule has 2 saturated heterocycles. The molecule has 2 aliphatic heterocycles. The van der Waals surface area contributed by atoms with Crippen LogP contribution in [0.3, 0.4) is 0 Å². The highest BCUT2D eigenvalue weighted by atomic mass is 32.1. The van der Waals surface area contributed by atoms with E-state index in [2.05, 4.69) is 15.2 Å². The van der Waals surface area contributed by atoms with Crippen molar-refractivity contribution in [1.29, 1.82) is 0 Å². The molecule has 0 bridgehead atoms. The van der Waals surface area contributed by atoms with E-state index in [0.29, 0.717) is 12.0 Å². The molecule has 0 radical (unpaired) electrons. The summed E-state index contributed by atoms with van der Waals surface area (Å²) in [6.45, 7) is 8.09. The minimum absolute atomic E-state index is 0.407. The smallest absolute Gasteiger partial charge is 0.188 e. The fourth-order valence-corrected chi connectivity index (χ4v) is 4.65. The molecule has 0 saturated carbocycles. The number of piperidine rings is 1. The first-order valence-corrected chi connectivity index (χ1v) is 10.4. The molecule has 2 aromatic heterocycles. The van der Waals surface area contributed by atoms with Crippen LogP contribution < -0.4 is 5.32 Å². The molecule has 26 heavy (non-hydrogen) atoms. The Hall–Kier alpha value is -1.57. The lowest BCUT2D eigenvalue weighted by Gasteiger charge is -2.39. The summed E-state index contributed by atoms with van der Waals surface area (Å²) in [6.07, 6.45) is 4.68. The SMILES string of the molecule is Cc1cc(Nc2nc(C)cs2)nc([C@H]2CCCN(C3CCOCC3)C2)n1. The van der Waals surface area contributed by atoms with Crippen LogP contribution in [0.5, 0.6) is 0 Å². The Morgan fingerprint density at radius 1 is 1.12 bits per heavy atom. The van der Waals surface area contributed by atoms with Crippen LogP contribution >= 0.6 is 11.3 Å². The van der Waals surface area contributed by atoms with Crippen molar-refractivity contribution < 1.29 is 4.74 Å². The standard InChI is InChI=1S/C19H27N5OS/c1-13-10-17(23-19-21-14(2)12-26-19)22-18(20-13)15-4-3-7-24(11-15)16-5-8-25-9-6-16/h10,12,15-16H,3-9,11H2,1-2H3,(H,20,21,22,23)/t15-/m0/s1. The van der Waals surface area contributed by atoms with E-state index in [4.69, 9.17) is 14.7 Å². The quantitative estimate of drug-likeness (QED) is 0.883. The molecule has 6 nitrogen and oxygen atoms in total. The largest absolute Gasteiger partial charge is 0.381 e. The number of hydrogen-bond acceptors (Lipinski definition) is 7. The first-order chi connectivity index (χ1) is 12.7. The van der Waals surface area contributed by atoms with E-state index < -0.39 is 0 Å². The zero-order chi connectivity index (χ0) is 17.9. The third-order valence-electron chi connectivity index (χ3n) is 5.25. The lowest BCUT2D eigenvalue weighted by molar-refractivity contribution is 0.0235. The number of rotatable bonds is 4. The minimum Gasteiger partial charge on any atom is -0.381 e. The summed E-state index contributed by atoms with van der Waals surface area (Å²) >= 11 is 1.61. The normalized spacial score (nSPS) is 22.5. The zero-order valence-corrected chi connectivity index (χ0v) is 16.4. The Balaban J connectivity index is 1.49. The second kappa shape index (κ2) is 7.98. The van der Waals surface area contributed by atoms with E-state index in [1.165, 1.54) is 19.4 Å². The number of hydrogen-bond donors (Lipinski definition) is 1. The van der Waals surface area contributed by atoms with Gasteiger partial charge in [0.05, 0.1) is 5.69 Å². The number of nitrogens with one attached hydrogen (secondary N) is 1. The minimum atomic E-state index is 0.407. The van der Waals surface area contributed by atoms with E-state index in [1.54, 1.807) is 11.3 Å². The number of aryl methyl sites for hydroxylation is 2. The molecule has 2 aliphatic rings. The van der Waals surface area contributed by atoms with E-state index >= 15 is 0 Å². The maximum atomic E-state index is 5.53. The monoisotopic (exact) mass is 373 g/mol. The van der Waals surface area contributed by atoms with Crippen LogP contribution in [-0.4, -0.2) is 52.2 Å². The molecule has 4 heterocycles. The first kappa shape index (κ1) is 17.8. The Kier molecular flexibility index (Phi) is 5.47. The van der Waals surface area contributed by atoms with E-state index in [-0.39, 0.29) is 0 Å². The highest BCUT2D eigenvalue weighted by Gasteiger charge is 2.29. The van der Waals surface area contributed by atoms with Crippen molar-refractivity contribution in [2.24, 2.45) is 0 Å². The lowest BCUT2D eigenvalue weighted by atomic mass is 9.94. The van der Waals surface area contributed by atoms with Crippen molar-refractivity contribution in [3.63, 3.8) is 0 Å². The van der Waals surface area contributed by atoms with Gasteiger partial charge in [-0.15, -0.1) is 11.3 Å². The van der Waals surface area contributed by atoms with Gasteiger partial charge in [0, 0.05) is 48.9 Å². The van der Waals surface area contributed by atoms with E-state index in [0.717, 1.165) is 60.8 Å². The summed E-state index contributed by atoms with van der Waals surface area (Å²) in [5.74, 6) is 2.23. The lowest BCUT2D eigenvalue weighted by Crippen LogP contribution is -2.44. The second-order valence-corrected chi connectivity index (χ2v) is 8.21. The summed E-state index contributed by atoms with van der Waals surface area (Å²) in [7, 11) is 0. The van der Waals surface area contributed by atoms with Crippen LogP contribution in [0.25, 0.3) is 0 Å². The van der Waals surface area contributed by atoms with Gasteiger partial charge < -0.3 is 10.1 Å². The first-order valence-electron chi connectivity index (χ1n) is 9.54. The van der Waals surface area contributed by atoms with Crippen molar-refractivity contribution in [2.45, 2.75) is 51.5 Å². The molecule has 2 fully saturated rings. The van der Waals surface area contributed by atoms with Crippen LogP contribution in [0.4, 0.5) is 10.9 Å². The Bertz CT molecular complexity index is 743. The second-order valence-electron chi connectivity index (χ2n) is 7.35. The molecule has 7 heteroatoms. The Morgan fingerprint density at radius 2 is 1.96 bits per heavy atom. The molecule has 2 aromatic rings. The van der Waals surface area contributed by atoms with Crippen LogP contribution in [-0.2, 0) is 4.74 Å². The van der Waals surface area contributed by atoms with Gasteiger partial charge in [0.1, 0.15) is 11.6 Å². The molecule has 0 aromatic carbocycles. The highest BCUT2D eigenvalue weighted by Crippen LogP contribution is 2.29. The summed E-state index contributed by atoms with van der Waals surface area (Å²) in [5.41, 5.74) is 2.04. The van der Waals surface area contributed by atoms with Crippen LogP contribution in [0.15, 0.2) is 11.4 Å². The molecule has 0 spiro atoms. The topological polar surface area (TPSA) is 63.2 Å². The number of nitrogens with zero attached hydrogens (tertiary/aromatic N) is 4. The van der Waals surface area contributed by atoms with E-state index in [1.807, 2.05) is 25.3 Å². The van der Waals surface area contributed by atoms with Crippen molar-refractivity contribution in [2.75, 3.05) is 31.6 Å². The van der Waals surface area contributed by atoms with Gasteiger partial charge in [-0.05, 0) is 46.1 Å². The van der Waals surface area contributed by atoms with Crippen molar-refractivity contribution in [3.05, 3.63) is 28.7 Å². The molecule has 4 rings (SSSR count). The third kappa shape index (κ3) is 4.22. The van der Waals surface area contributed by atoms with Gasteiger partial charge in [0.2, 0.25) is 0 Å². The van der Waals surface area contributed by atoms with Gasteiger partial charge in [-0.1, -0.05) is 0 Å². The number of anilines is 2. The number of likely N-dealkylation sites (tertiary alicyclic amines) is 1. The molecule has 0 unspecified atom stereocenters. The molecule has 1 N–H and O–H groups in total. The number of thiazole rings is 1. The van der Waals surface area contributed by atoms with Gasteiger partial charge >= 0.3 is 0 Å². The predicted molar refractivity (Wildman–Crippen MR) is 104 cm³/mol. The Labute approximate surface area is 159 Å². The third-order valence-corrected chi connectivity index (χ3v) is 6.13.